The molecular weight excluding hydrogens is 368 g/mol. The Bertz CT molecular complexity index is 453. The summed E-state index contributed by atoms with van der Waals surface area (Å²) in [5, 5.41) is 27.6. The van der Waals surface area contributed by atoms with Crippen LogP contribution in [0.3, 0.4) is 0 Å². The van der Waals surface area contributed by atoms with Crippen LogP contribution >= 0.6 is 0 Å². The van der Waals surface area contributed by atoms with Gasteiger partial charge in [-0.25, -0.2) is 0 Å². The van der Waals surface area contributed by atoms with E-state index < -0.39 is 35.1 Å². The van der Waals surface area contributed by atoms with Crippen molar-refractivity contribution in [1.82, 2.24) is 10.6 Å². The van der Waals surface area contributed by atoms with Crippen LogP contribution in [-0.2, 0) is 9.59 Å². The molecule has 29 heavy (non-hydrogen) atoms. The van der Waals surface area contributed by atoms with Crippen LogP contribution in [0.4, 0.5) is 0 Å². The molecule has 2 atom stereocenters. The van der Waals surface area contributed by atoms with Gasteiger partial charge in [0.25, 0.3) is 0 Å². The average Bonchev–Trinajstić information content (AvgIpc) is 2.64. The molecular formula is C23H46N2O4. The first-order valence-corrected chi connectivity index (χ1v) is 11.4. The number of hydrogen-bond acceptors (Lipinski definition) is 4. The highest BCUT2D eigenvalue weighted by atomic mass is 16.3. The second kappa shape index (κ2) is 12.5. The van der Waals surface area contributed by atoms with E-state index in [1.807, 2.05) is 55.4 Å². The third-order valence-electron chi connectivity index (χ3n) is 6.15. The summed E-state index contributed by atoms with van der Waals surface area (Å²) < 4.78 is 0. The van der Waals surface area contributed by atoms with E-state index in [2.05, 4.69) is 10.6 Å². The Balaban J connectivity index is 5.17. The lowest BCUT2D eigenvalue weighted by molar-refractivity contribution is -0.133. The molecule has 0 rings (SSSR count). The number of hydrogen-bond donors (Lipinski definition) is 4. The Morgan fingerprint density at radius 2 is 0.966 bits per heavy atom. The minimum Gasteiger partial charge on any atom is -0.388 e. The third kappa shape index (κ3) is 9.04. The highest BCUT2D eigenvalue weighted by Gasteiger charge is 2.37. The summed E-state index contributed by atoms with van der Waals surface area (Å²) >= 11 is 0. The predicted octanol–water partition coefficient (Wildman–Crippen LogP) is 3.54. The van der Waals surface area contributed by atoms with Crippen LogP contribution in [0.5, 0.6) is 0 Å². The Labute approximate surface area is 178 Å². The van der Waals surface area contributed by atoms with Crippen LogP contribution in [0.1, 0.15) is 100 Å². The van der Waals surface area contributed by atoms with Gasteiger partial charge in [0, 0.05) is 0 Å². The van der Waals surface area contributed by atoms with Gasteiger partial charge in [-0.05, 0) is 50.4 Å². The zero-order valence-corrected chi connectivity index (χ0v) is 20.0. The van der Waals surface area contributed by atoms with Gasteiger partial charge in [0.05, 0.1) is 23.3 Å². The number of amides is 2. The molecule has 0 radical (unpaired) electrons. The summed E-state index contributed by atoms with van der Waals surface area (Å²) in [6.45, 7) is 15.8. The van der Waals surface area contributed by atoms with Crippen LogP contribution in [0.2, 0.25) is 0 Å². The lowest BCUT2D eigenvalue weighted by Gasteiger charge is -2.37. The van der Waals surface area contributed by atoms with Crippen molar-refractivity contribution in [3.8, 4) is 0 Å². The number of rotatable bonds is 14. The monoisotopic (exact) mass is 414 g/mol. The van der Waals surface area contributed by atoms with Gasteiger partial charge in [-0.2, -0.15) is 0 Å². The topological polar surface area (TPSA) is 98.7 Å². The van der Waals surface area contributed by atoms with Gasteiger partial charge >= 0.3 is 0 Å². The molecule has 0 saturated heterocycles. The first kappa shape index (κ1) is 27.9. The fourth-order valence-electron chi connectivity index (χ4n) is 3.89. The summed E-state index contributed by atoms with van der Waals surface area (Å²) in [7, 11) is 0. The summed E-state index contributed by atoms with van der Waals surface area (Å²) in [6.07, 6.45) is 3.11. The maximum Gasteiger partial charge on any atom is 0.229 e. The molecule has 0 heterocycles. The minimum atomic E-state index is -0.985. The molecule has 0 aliphatic rings. The number of carbonyl (C=O) groups is 2. The van der Waals surface area contributed by atoms with Crippen LogP contribution in [0, 0.1) is 11.8 Å². The van der Waals surface area contributed by atoms with E-state index in [4.69, 9.17) is 0 Å². The van der Waals surface area contributed by atoms with Gasteiger partial charge in [0.2, 0.25) is 11.8 Å². The molecule has 0 aliphatic carbocycles. The summed E-state index contributed by atoms with van der Waals surface area (Å²) in [6, 6.07) is -0.792. The van der Waals surface area contributed by atoms with Crippen molar-refractivity contribution in [2.24, 2.45) is 11.8 Å². The SMILES string of the molecule is CCC(O)(CC)[C@@H](CC(C)C)NC(=O)CC(=O)N[C@H](CC(C)C)C(O)(CC)CC. The highest BCUT2D eigenvalue weighted by molar-refractivity contribution is 5.97. The van der Waals surface area contributed by atoms with Crippen LogP contribution in [0.25, 0.3) is 0 Å². The number of aliphatic hydroxyl groups is 2. The molecule has 0 aromatic rings. The molecule has 0 aromatic heterocycles. The van der Waals surface area contributed by atoms with E-state index in [9.17, 15) is 19.8 Å². The lowest BCUT2D eigenvalue weighted by Crippen LogP contribution is -2.55. The summed E-state index contributed by atoms with van der Waals surface area (Å²) in [5.41, 5.74) is -1.97. The molecule has 0 bridgehead atoms. The maximum atomic E-state index is 12.6. The van der Waals surface area contributed by atoms with Crippen molar-refractivity contribution in [2.45, 2.75) is 124 Å². The second-order valence-electron chi connectivity index (χ2n) is 9.30. The Morgan fingerprint density at radius 3 is 1.17 bits per heavy atom. The molecule has 2 amide bonds. The van der Waals surface area contributed by atoms with Crippen molar-refractivity contribution in [3.05, 3.63) is 0 Å². The van der Waals surface area contributed by atoms with Gasteiger partial charge in [0.1, 0.15) is 6.42 Å². The first-order valence-electron chi connectivity index (χ1n) is 11.4. The van der Waals surface area contributed by atoms with E-state index >= 15 is 0 Å². The summed E-state index contributed by atoms with van der Waals surface area (Å²) in [5.74, 6) is -0.182. The van der Waals surface area contributed by atoms with E-state index in [0.717, 1.165) is 0 Å². The van der Waals surface area contributed by atoms with Gasteiger partial charge < -0.3 is 20.8 Å². The van der Waals surface area contributed by atoms with Crippen molar-refractivity contribution >= 4 is 11.8 Å². The largest absolute Gasteiger partial charge is 0.388 e. The third-order valence-corrected chi connectivity index (χ3v) is 6.15. The van der Waals surface area contributed by atoms with E-state index in [0.29, 0.717) is 50.4 Å². The van der Waals surface area contributed by atoms with Crippen LogP contribution in [0.15, 0.2) is 0 Å². The predicted molar refractivity (Wildman–Crippen MR) is 118 cm³/mol. The molecule has 0 fully saturated rings. The molecule has 0 spiro atoms. The van der Waals surface area contributed by atoms with Crippen molar-refractivity contribution in [1.29, 1.82) is 0 Å². The minimum absolute atomic E-state index is 0.304. The Kier molecular flexibility index (Phi) is 12.0. The van der Waals surface area contributed by atoms with Crippen molar-refractivity contribution in [3.63, 3.8) is 0 Å². The molecule has 6 nitrogen and oxygen atoms in total. The van der Waals surface area contributed by atoms with E-state index in [-0.39, 0.29) is 6.42 Å². The highest BCUT2D eigenvalue weighted by Crippen LogP contribution is 2.26. The standard InChI is InChI=1S/C23H46N2O4/c1-9-22(28,10-2)18(13-16(5)6)24-20(26)15-21(27)25-19(14-17(7)8)23(29,11-3)12-4/h16-19,28-29H,9-15H2,1-8H3,(H,24,26)(H,25,27)/t18-,19-/m1/s1. The number of nitrogens with one attached hydrogen (secondary N) is 2. The van der Waals surface area contributed by atoms with Gasteiger partial charge in [0.15, 0.2) is 0 Å². The second-order valence-corrected chi connectivity index (χ2v) is 9.30. The molecule has 4 N–H and O–H groups in total. The maximum absolute atomic E-state index is 12.6. The fourth-order valence-corrected chi connectivity index (χ4v) is 3.89. The van der Waals surface area contributed by atoms with Crippen LogP contribution in [-0.4, -0.2) is 45.3 Å². The molecule has 0 aliphatic heterocycles. The zero-order valence-electron chi connectivity index (χ0n) is 20.0. The summed E-state index contributed by atoms with van der Waals surface area (Å²) in [4.78, 5) is 25.1. The van der Waals surface area contributed by atoms with E-state index in [1.165, 1.54) is 0 Å². The smallest absolute Gasteiger partial charge is 0.229 e. The molecule has 0 unspecified atom stereocenters. The van der Waals surface area contributed by atoms with Gasteiger partial charge in [-0.15, -0.1) is 0 Å². The molecule has 6 heteroatoms. The van der Waals surface area contributed by atoms with Gasteiger partial charge in [-0.1, -0.05) is 55.4 Å². The Morgan fingerprint density at radius 1 is 0.690 bits per heavy atom. The lowest BCUT2D eigenvalue weighted by atomic mass is 9.83. The normalized spacial score (nSPS) is 14.8. The van der Waals surface area contributed by atoms with Crippen molar-refractivity contribution < 1.29 is 19.8 Å². The van der Waals surface area contributed by atoms with Crippen molar-refractivity contribution in [2.75, 3.05) is 0 Å². The first-order chi connectivity index (χ1) is 13.4. The number of carbonyl (C=O) groups excluding carboxylic acids is 2. The fraction of sp³-hybridized carbons (Fsp3) is 0.913. The molecule has 0 saturated carbocycles. The van der Waals surface area contributed by atoms with Gasteiger partial charge in [-0.3, -0.25) is 9.59 Å². The molecule has 172 valence electrons. The van der Waals surface area contributed by atoms with E-state index in [1.54, 1.807) is 0 Å². The molecule has 0 aromatic carbocycles. The average molecular weight is 415 g/mol. The Hall–Kier alpha value is -1.14. The zero-order chi connectivity index (χ0) is 22.8. The van der Waals surface area contributed by atoms with Crippen LogP contribution < -0.4 is 10.6 Å². The quantitative estimate of drug-likeness (QED) is 0.327.